The maximum Gasteiger partial charge on any atom is 0.248 e. The molecule has 0 fully saturated rings. The lowest BCUT2D eigenvalue weighted by Gasteiger charge is -2.23. The van der Waals surface area contributed by atoms with Crippen molar-refractivity contribution in [1.82, 2.24) is 20.1 Å². The van der Waals surface area contributed by atoms with Crippen LogP contribution in [0.1, 0.15) is 16.7 Å². The Morgan fingerprint density at radius 1 is 1.19 bits per heavy atom. The first-order valence-electron chi connectivity index (χ1n) is 10.0. The minimum absolute atomic E-state index is 0.119. The number of rotatable bonds is 5. The Bertz CT molecular complexity index is 1320. The fraction of sp³-hybridized carbons (Fsp3) is 0.174. The fourth-order valence-electron chi connectivity index (χ4n) is 3.49. The van der Waals surface area contributed by atoms with Gasteiger partial charge < -0.3 is 4.74 Å². The molecule has 1 aliphatic heterocycles. The molecule has 162 valence electrons. The molecule has 5 rings (SSSR count). The van der Waals surface area contributed by atoms with Gasteiger partial charge in [0.2, 0.25) is 5.88 Å². The number of benzene rings is 2. The van der Waals surface area contributed by atoms with Gasteiger partial charge in [0.1, 0.15) is 12.1 Å². The molecule has 1 N–H and O–H groups in total. The normalized spacial score (nSPS) is 16.0. The highest BCUT2D eigenvalue weighted by molar-refractivity contribution is 6.31. The van der Waals surface area contributed by atoms with Gasteiger partial charge >= 0.3 is 0 Å². The first-order chi connectivity index (χ1) is 15.5. The number of fused-ring (bicyclic) bond motifs is 1. The summed E-state index contributed by atoms with van der Waals surface area (Å²) in [5.41, 5.74) is 6.50. The van der Waals surface area contributed by atoms with E-state index in [9.17, 15) is 0 Å². The Morgan fingerprint density at radius 3 is 2.94 bits per heavy atom. The lowest BCUT2D eigenvalue weighted by atomic mass is 10.0. The third-order valence-corrected chi connectivity index (χ3v) is 5.64. The van der Waals surface area contributed by atoms with E-state index < -0.39 is 0 Å². The Hall–Kier alpha value is -3.13. The van der Waals surface area contributed by atoms with E-state index in [4.69, 9.17) is 37.8 Å². The number of hydrogen-bond donors (Lipinski definition) is 1. The zero-order valence-electron chi connectivity index (χ0n) is 17.1. The number of imidazole rings is 1. The SMILES string of the molecule is Cc1ccc(CC2CONC(c3cc4cncn4nc3Oc3cccc(Cl)c3)=N2)c(Cl)c1. The van der Waals surface area contributed by atoms with Crippen molar-refractivity contribution >= 4 is 34.6 Å². The van der Waals surface area contributed by atoms with Crippen molar-refractivity contribution in [2.24, 2.45) is 4.99 Å². The lowest BCUT2D eigenvalue weighted by molar-refractivity contribution is 0.0623. The Balaban J connectivity index is 1.50. The van der Waals surface area contributed by atoms with Crippen molar-refractivity contribution in [3.05, 3.63) is 87.8 Å². The monoisotopic (exact) mass is 467 g/mol. The molecule has 7 nitrogen and oxygen atoms in total. The molecule has 0 amide bonds. The van der Waals surface area contributed by atoms with Crippen LogP contribution in [0, 0.1) is 6.92 Å². The first kappa shape index (κ1) is 20.8. The number of nitrogens with one attached hydrogen (secondary N) is 1. The molecule has 0 aliphatic carbocycles. The van der Waals surface area contributed by atoms with Gasteiger partial charge in [0.15, 0.2) is 5.84 Å². The number of aryl methyl sites for hydroxylation is 1. The van der Waals surface area contributed by atoms with E-state index >= 15 is 0 Å². The smallest absolute Gasteiger partial charge is 0.248 e. The van der Waals surface area contributed by atoms with Gasteiger partial charge in [-0.15, -0.1) is 5.10 Å². The lowest BCUT2D eigenvalue weighted by Crippen LogP contribution is -2.37. The zero-order chi connectivity index (χ0) is 22.1. The average molecular weight is 468 g/mol. The molecule has 1 atom stereocenters. The molecule has 3 heterocycles. The molecule has 32 heavy (non-hydrogen) atoms. The van der Waals surface area contributed by atoms with Crippen LogP contribution in [-0.4, -0.2) is 33.1 Å². The third-order valence-electron chi connectivity index (χ3n) is 5.05. The number of aromatic nitrogens is 3. The van der Waals surface area contributed by atoms with Crippen molar-refractivity contribution in [3.63, 3.8) is 0 Å². The maximum atomic E-state index is 6.43. The number of hydrogen-bond acceptors (Lipinski definition) is 6. The standard InChI is InChI=1S/C23H19Cl2N5O2/c1-14-5-6-15(21(25)7-14)8-17-12-31-29-22(27-17)20-10-18-11-26-13-30(18)28-23(20)32-19-4-2-3-16(24)9-19/h2-7,9-11,13,17H,8,12H2,1H3,(H,27,29). The summed E-state index contributed by atoms with van der Waals surface area (Å²) in [6, 6.07) is 14.9. The summed E-state index contributed by atoms with van der Waals surface area (Å²) in [5.74, 6) is 1.44. The maximum absolute atomic E-state index is 6.43. The number of hydroxylamine groups is 1. The van der Waals surface area contributed by atoms with E-state index in [1.54, 1.807) is 29.2 Å². The second-order valence-electron chi connectivity index (χ2n) is 7.53. The Morgan fingerprint density at radius 2 is 2.09 bits per heavy atom. The molecule has 2 aromatic carbocycles. The van der Waals surface area contributed by atoms with E-state index in [2.05, 4.69) is 15.6 Å². The third kappa shape index (κ3) is 4.41. The number of halogens is 2. The fourth-order valence-corrected chi connectivity index (χ4v) is 3.98. The molecule has 0 saturated carbocycles. The molecule has 0 bridgehead atoms. The van der Waals surface area contributed by atoms with Crippen LogP contribution >= 0.6 is 23.2 Å². The first-order valence-corrected chi connectivity index (χ1v) is 10.8. The minimum Gasteiger partial charge on any atom is -0.437 e. The molecule has 1 aliphatic rings. The van der Waals surface area contributed by atoms with Crippen LogP contribution in [0.25, 0.3) is 5.52 Å². The van der Waals surface area contributed by atoms with Crippen LogP contribution in [-0.2, 0) is 11.3 Å². The minimum atomic E-state index is -0.119. The molecular weight excluding hydrogens is 449 g/mol. The number of amidine groups is 1. The van der Waals surface area contributed by atoms with Crippen LogP contribution in [0.3, 0.4) is 0 Å². The van der Waals surface area contributed by atoms with Gasteiger partial charge in [-0.2, -0.15) is 0 Å². The molecule has 0 spiro atoms. The molecular formula is C23H19Cl2N5O2. The topological polar surface area (TPSA) is 73.0 Å². The number of aliphatic imine (C=N–C) groups is 1. The predicted molar refractivity (Wildman–Crippen MR) is 124 cm³/mol. The summed E-state index contributed by atoms with van der Waals surface area (Å²) in [7, 11) is 0. The molecule has 4 aromatic rings. The second kappa shape index (κ2) is 8.78. The van der Waals surface area contributed by atoms with E-state index in [-0.39, 0.29) is 6.04 Å². The van der Waals surface area contributed by atoms with Gasteiger partial charge in [-0.3, -0.25) is 9.83 Å². The van der Waals surface area contributed by atoms with Crippen LogP contribution in [0.4, 0.5) is 0 Å². The highest BCUT2D eigenvalue weighted by Gasteiger charge is 2.23. The van der Waals surface area contributed by atoms with Crippen molar-refractivity contribution in [3.8, 4) is 11.6 Å². The molecule has 0 saturated heterocycles. The Labute approximate surface area is 194 Å². The van der Waals surface area contributed by atoms with Crippen molar-refractivity contribution in [2.75, 3.05) is 6.61 Å². The molecule has 9 heteroatoms. The van der Waals surface area contributed by atoms with E-state index in [0.717, 1.165) is 21.7 Å². The van der Waals surface area contributed by atoms with Gasteiger partial charge in [-0.25, -0.2) is 15.0 Å². The van der Waals surface area contributed by atoms with Gasteiger partial charge in [0.05, 0.1) is 29.9 Å². The zero-order valence-corrected chi connectivity index (χ0v) is 18.6. The van der Waals surface area contributed by atoms with Gasteiger partial charge in [0.25, 0.3) is 0 Å². The van der Waals surface area contributed by atoms with Crippen molar-refractivity contribution in [1.29, 1.82) is 0 Å². The highest BCUT2D eigenvalue weighted by Crippen LogP contribution is 2.28. The highest BCUT2D eigenvalue weighted by atomic mass is 35.5. The molecule has 0 radical (unpaired) electrons. The number of nitrogens with zero attached hydrogens (tertiary/aromatic N) is 4. The van der Waals surface area contributed by atoms with Crippen LogP contribution in [0.15, 0.2) is 66.0 Å². The van der Waals surface area contributed by atoms with E-state index in [0.29, 0.717) is 41.1 Å². The van der Waals surface area contributed by atoms with Gasteiger partial charge in [0, 0.05) is 10.0 Å². The largest absolute Gasteiger partial charge is 0.437 e. The Kier molecular flexibility index (Phi) is 5.70. The average Bonchev–Trinajstić information content (AvgIpc) is 3.23. The van der Waals surface area contributed by atoms with E-state index in [1.807, 2.05) is 43.3 Å². The summed E-state index contributed by atoms with van der Waals surface area (Å²) in [4.78, 5) is 14.7. The van der Waals surface area contributed by atoms with Crippen LogP contribution < -0.4 is 10.2 Å². The molecule has 2 aromatic heterocycles. The second-order valence-corrected chi connectivity index (χ2v) is 8.37. The van der Waals surface area contributed by atoms with Gasteiger partial charge in [-0.05, 0) is 54.8 Å². The van der Waals surface area contributed by atoms with Crippen molar-refractivity contribution < 1.29 is 9.57 Å². The van der Waals surface area contributed by atoms with E-state index in [1.165, 1.54) is 0 Å². The summed E-state index contributed by atoms with van der Waals surface area (Å²) in [6.07, 6.45) is 3.98. The summed E-state index contributed by atoms with van der Waals surface area (Å²) < 4.78 is 7.70. The summed E-state index contributed by atoms with van der Waals surface area (Å²) in [6.45, 7) is 2.43. The summed E-state index contributed by atoms with van der Waals surface area (Å²) in [5, 5.41) is 5.86. The number of ether oxygens (including phenoxy) is 1. The predicted octanol–water partition coefficient (Wildman–Crippen LogP) is 5.03. The van der Waals surface area contributed by atoms with Gasteiger partial charge in [-0.1, -0.05) is 41.4 Å². The van der Waals surface area contributed by atoms with Crippen molar-refractivity contribution in [2.45, 2.75) is 19.4 Å². The molecule has 1 unspecified atom stereocenters. The van der Waals surface area contributed by atoms with Crippen LogP contribution in [0.5, 0.6) is 11.6 Å². The van der Waals surface area contributed by atoms with Crippen LogP contribution in [0.2, 0.25) is 10.0 Å². The summed E-state index contributed by atoms with van der Waals surface area (Å²) >= 11 is 12.5. The quantitative estimate of drug-likeness (QED) is 0.445.